The van der Waals surface area contributed by atoms with Crippen LogP contribution in [0.1, 0.15) is 64.7 Å². The lowest BCUT2D eigenvalue weighted by molar-refractivity contribution is -0.138. The fourth-order valence-corrected chi connectivity index (χ4v) is 4.42. The van der Waals surface area contributed by atoms with E-state index in [4.69, 9.17) is 4.74 Å². The monoisotopic (exact) mass is 400 g/mol. The predicted octanol–water partition coefficient (Wildman–Crippen LogP) is 4.27. The number of para-hydroxylation sites is 1. The number of hydrogen-bond acceptors (Lipinski definition) is 3. The van der Waals surface area contributed by atoms with E-state index in [0.717, 1.165) is 70.5 Å². The number of amides is 2. The van der Waals surface area contributed by atoms with Crippen molar-refractivity contribution < 1.29 is 14.3 Å². The molecular formula is C24H36N2O3. The molecule has 3 rings (SSSR count). The van der Waals surface area contributed by atoms with E-state index in [0.29, 0.717) is 19.4 Å². The van der Waals surface area contributed by atoms with Crippen LogP contribution in [0.2, 0.25) is 0 Å². The highest BCUT2D eigenvalue weighted by Gasteiger charge is 2.39. The molecule has 2 fully saturated rings. The first-order valence-electron chi connectivity index (χ1n) is 11.4. The molecule has 0 aliphatic carbocycles. The summed E-state index contributed by atoms with van der Waals surface area (Å²) in [6.45, 7) is 5.88. The molecule has 2 aliphatic rings. The average molecular weight is 401 g/mol. The van der Waals surface area contributed by atoms with Gasteiger partial charge in [-0.2, -0.15) is 0 Å². The van der Waals surface area contributed by atoms with Crippen molar-refractivity contribution in [3.05, 3.63) is 30.3 Å². The van der Waals surface area contributed by atoms with Gasteiger partial charge in [0.15, 0.2) is 0 Å². The Labute approximate surface area is 175 Å². The van der Waals surface area contributed by atoms with Crippen molar-refractivity contribution in [2.24, 2.45) is 5.41 Å². The van der Waals surface area contributed by atoms with Crippen molar-refractivity contribution in [3.63, 3.8) is 0 Å². The van der Waals surface area contributed by atoms with E-state index in [-0.39, 0.29) is 17.2 Å². The second-order valence-electron chi connectivity index (χ2n) is 8.70. The number of piperidine rings is 2. The number of carbonyl (C=O) groups is 2. The number of likely N-dealkylation sites (tertiary alicyclic amines) is 2. The van der Waals surface area contributed by atoms with Crippen molar-refractivity contribution in [2.75, 3.05) is 32.8 Å². The Balaban J connectivity index is 1.63. The smallest absolute Gasteiger partial charge is 0.223 e. The van der Waals surface area contributed by atoms with E-state index < -0.39 is 0 Å². The van der Waals surface area contributed by atoms with E-state index in [9.17, 15) is 9.59 Å². The van der Waals surface area contributed by atoms with Gasteiger partial charge in [-0.3, -0.25) is 9.59 Å². The zero-order chi connectivity index (χ0) is 20.5. The molecule has 2 amide bonds. The Morgan fingerprint density at radius 2 is 1.59 bits per heavy atom. The van der Waals surface area contributed by atoms with E-state index in [1.807, 2.05) is 40.1 Å². The summed E-state index contributed by atoms with van der Waals surface area (Å²) in [6, 6.07) is 9.84. The Morgan fingerprint density at radius 3 is 2.24 bits per heavy atom. The molecule has 0 unspecified atom stereocenters. The maximum Gasteiger partial charge on any atom is 0.223 e. The Kier molecular flexibility index (Phi) is 7.96. The number of carbonyl (C=O) groups excluding carboxylic acids is 2. The average Bonchev–Trinajstić information content (AvgIpc) is 2.78. The molecule has 0 spiro atoms. The lowest BCUT2D eigenvalue weighted by Crippen LogP contribution is -2.48. The van der Waals surface area contributed by atoms with Gasteiger partial charge in [0, 0.05) is 44.4 Å². The summed E-state index contributed by atoms with van der Waals surface area (Å²) >= 11 is 0. The van der Waals surface area contributed by atoms with Gasteiger partial charge in [0.2, 0.25) is 11.8 Å². The van der Waals surface area contributed by atoms with Gasteiger partial charge >= 0.3 is 0 Å². The fourth-order valence-electron chi connectivity index (χ4n) is 4.42. The van der Waals surface area contributed by atoms with E-state index in [1.54, 1.807) is 0 Å². The molecule has 160 valence electrons. The van der Waals surface area contributed by atoms with Gasteiger partial charge in [-0.1, -0.05) is 31.5 Å². The van der Waals surface area contributed by atoms with Crippen LogP contribution in [-0.2, 0) is 9.59 Å². The van der Waals surface area contributed by atoms with Crippen LogP contribution in [0.5, 0.6) is 5.75 Å². The van der Waals surface area contributed by atoms with E-state index in [2.05, 4.69) is 6.92 Å². The van der Waals surface area contributed by atoms with Crippen molar-refractivity contribution >= 4 is 11.8 Å². The highest BCUT2D eigenvalue weighted by atomic mass is 16.5. The molecule has 2 aliphatic heterocycles. The molecule has 0 bridgehead atoms. The molecule has 29 heavy (non-hydrogen) atoms. The maximum absolute atomic E-state index is 13.0. The van der Waals surface area contributed by atoms with Crippen LogP contribution in [0.15, 0.2) is 30.3 Å². The molecule has 5 nitrogen and oxygen atoms in total. The molecule has 0 saturated carbocycles. The van der Waals surface area contributed by atoms with Gasteiger partial charge in [0.1, 0.15) is 5.75 Å². The normalized spacial score (nSPS) is 19.1. The largest absolute Gasteiger partial charge is 0.493 e. The van der Waals surface area contributed by atoms with Crippen molar-refractivity contribution in [2.45, 2.75) is 64.7 Å². The molecule has 1 aromatic carbocycles. The molecule has 0 N–H and O–H groups in total. The minimum absolute atomic E-state index is 0.189. The SMILES string of the molecule is CCCCC(=O)N1CCC(COc2ccccc2)(CC(=O)N2CCCCC2)CC1. The third-order valence-electron chi connectivity index (χ3n) is 6.44. The predicted molar refractivity (Wildman–Crippen MR) is 115 cm³/mol. The molecule has 5 heteroatoms. The van der Waals surface area contributed by atoms with Gasteiger partial charge in [-0.15, -0.1) is 0 Å². The van der Waals surface area contributed by atoms with Crippen LogP contribution in [0.4, 0.5) is 0 Å². The molecule has 2 heterocycles. The van der Waals surface area contributed by atoms with Crippen molar-refractivity contribution in [3.8, 4) is 5.75 Å². The van der Waals surface area contributed by atoms with Crippen LogP contribution in [0, 0.1) is 5.41 Å². The van der Waals surface area contributed by atoms with Crippen LogP contribution >= 0.6 is 0 Å². The van der Waals surface area contributed by atoms with Gasteiger partial charge in [-0.05, 0) is 50.7 Å². The van der Waals surface area contributed by atoms with Gasteiger partial charge in [-0.25, -0.2) is 0 Å². The highest BCUT2D eigenvalue weighted by Crippen LogP contribution is 2.37. The number of benzene rings is 1. The first kappa shape index (κ1) is 21.7. The first-order valence-corrected chi connectivity index (χ1v) is 11.4. The molecule has 0 aromatic heterocycles. The fraction of sp³-hybridized carbons (Fsp3) is 0.667. The zero-order valence-corrected chi connectivity index (χ0v) is 17.9. The summed E-state index contributed by atoms with van der Waals surface area (Å²) in [5.41, 5.74) is -0.189. The maximum atomic E-state index is 13.0. The summed E-state index contributed by atoms with van der Waals surface area (Å²) < 4.78 is 6.12. The van der Waals surface area contributed by atoms with Gasteiger partial charge < -0.3 is 14.5 Å². The van der Waals surface area contributed by atoms with Crippen molar-refractivity contribution in [1.29, 1.82) is 0 Å². The van der Waals surface area contributed by atoms with Crippen LogP contribution < -0.4 is 4.74 Å². The van der Waals surface area contributed by atoms with Crippen LogP contribution in [-0.4, -0.2) is 54.4 Å². The van der Waals surface area contributed by atoms with Crippen LogP contribution in [0.3, 0.4) is 0 Å². The van der Waals surface area contributed by atoms with Gasteiger partial charge in [0.05, 0.1) is 6.61 Å². The summed E-state index contributed by atoms with van der Waals surface area (Å²) in [5, 5.41) is 0. The van der Waals surface area contributed by atoms with Crippen molar-refractivity contribution in [1.82, 2.24) is 9.80 Å². The Morgan fingerprint density at radius 1 is 0.931 bits per heavy atom. The third kappa shape index (κ3) is 6.22. The van der Waals surface area contributed by atoms with Crippen LogP contribution in [0.25, 0.3) is 0 Å². The minimum atomic E-state index is -0.189. The summed E-state index contributed by atoms with van der Waals surface area (Å²) in [7, 11) is 0. The summed E-state index contributed by atoms with van der Waals surface area (Å²) in [5.74, 6) is 1.36. The van der Waals surface area contributed by atoms with E-state index >= 15 is 0 Å². The standard InChI is InChI=1S/C24H36N2O3/c1-2-3-12-22(27)26-17-13-24(14-18-26,20-29-21-10-6-4-7-11-21)19-23(28)25-15-8-5-9-16-25/h4,6-7,10-11H,2-3,5,8-9,12-20H2,1H3. The second kappa shape index (κ2) is 10.7. The molecule has 2 saturated heterocycles. The highest BCUT2D eigenvalue weighted by molar-refractivity contribution is 5.78. The lowest BCUT2D eigenvalue weighted by atomic mass is 9.75. The molecule has 1 aromatic rings. The Bertz CT molecular complexity index is 647. The van der Waals surface area contributed by atoms with E-state index in [1.165, 1.54) is 6.42 Å². The molecule has 0 radical (unpaired) electrons. The number of hydrogen-bond donors (Lipinski definition) is 0. The minimum Gasteiger partial charge on any atom is -0.493 e. The molecule has 0 atom stereocenters. The quantitative estimate of drug-likeness (QED) is 0.655. The molecular weight excluding hydrogens is 364 g/mol. The van der Waals surface area contributed by atoms with Gasteiger partial charge in [0.25, 0.3) is 0 Å². The third-order valence-corrected chi connectivity index (χ3v) is 6.44. The Hall–Kier alpha value is -2.04. The first-order chi connectivity index (χ1) is 14.1. The lowest BCUT2D eigenvalue weighted by Gasteiger charge is -2.42. The topological polar surface area (TPSA) is 49.9 Å². The summed E-state index contributed by atoms with van der Waals surface area (Å²) in [6.07, 6.45) is 8.25. The number of unbranched alkanes of at least 4 members (excludes halogenated alkanes) is 1. The summed E-state index contributed by atoms with van der Waals surface area (Å²) in [4.78, 5) is 29.5. The second-order valence-corrected chi connectivity index (χ2v) is 8.70. The number of nitrogens with zero attached hydrogens (tertiary/aromatic N) is 2. The number of rotatable bonds is 8. The number of ether oxygens (including phenoxy) is 1. The zero-order valence-electron chi connectivity index (χ0n) is 17.9.